The first-order valence-corrected chi connectivity index (χ1v) is 22.7. The lowest BCUT2D eigenvalue weighted by molar-refractivity contribution is 0.942. The summed E-state index contributed by atoms with van der Waals surface area (Å²) in [6, 6.07) is 70.2. The second-order valence-electron chi connectivity index (χ2n) is 17.4. The minimum Gasteiger partial charge on any atom is -0.341 e. The Labute approximate surface area is 389 Å². The molecule has 0 aliphatic carbocycles. The van der Waals surface area contributed by atoms with Crippen LogP contribution in [0.1, 0.15) is 0 Å². The van der Waals surface area contributed by atoms with Crippen LogP contribution in [0.3, 0.4) is 0 Å². The average Bonchev–Trinajstić information content (AvgIpc) is 3.73. The second kappa shape index (κ2) is 14.9. The number of imidazole rings is 1. The maximum Gasteiger partial charge on any atom is 0.159 e. The third kappa shape index (κ3) is 5.67. The Hall–Kier alpha value is -8.82. The number of hydrogen-bond donors (Lipinski definition) is 0. The molecule has 67 heavy (non-hydrogen) atoms. The van der Waals surface area contributed by atoms with E-state index in [-0.39, 0.29) is 0 Å². The van der Waals surface area contributed by atoms with E-state index in [1.807, 2.05) is 18.3 Å². The van der Waals surface area contributed by atoms with Crippen molar-refractivity contribution in [2.75, 3.05) is 50.5 Å². The van der Waals surface area contributed by atoms with Crippen LogP contribution in [0.25, 0.3) is 33.7 Å². The molecule has 0 N–H and O–H groups in total. The van der Waals surface area contributed by atoms with E-state index < -0.39 is 0 Å². The average molecular weight is 868 g/mol. The zero-order valence-corrected chi connectivity index (χ0v) is 37.6. The van der Waals surface area contributed by atoms with Crippen LogP contribution in [0.15, 0.2) is 200 Å². The van der Waals surface area contributed by atoms with Crippen LogP contribution < -0.4 is 29.4 Å². The molecule has 0 radical (unpaired) electrons. The Morgan fingerprint density at radius 3 is 1.18 bits per heavy atom. The first-order valence-electron chi connectivity index (χ1n) is 22.7. The topological polar surface area (TPSA) is 50.2 Å². The molecule has 322 valence electrons. The number of nitrogens with zero attached hydrogens (tertiary/aromatic N) is 9. The highest BCUT2D eigenvalue weighted by Gasteiger charge is 2.39. The van der Waals surface area contributed by atoms with Crippen LogP contribution in [-0.2, 0) is 7.05 Å². The lowest BCUT2D eigenvalue weighted by Crippen LogP contribution is -2.30. The van der Waals surface area contributed by atoms with E-state index in [9.17, 15) is 0 Å². The van der Waals surface area contributed by atoms with Crippen molar-refractivity contribution in [3.8, 4) is 22.5 Å². The fourth-order valence-corrected chi connectivity index (χ4v) is 10.7. The predicted octanol–water partition coefficient (Wildman–Crippen LogP) is 15.0. The number of hydrogen-bond acceptors (Lipinski definition) is 8. The van der Waals surface area contributed by atoms with E-state index in [0.717, 1.165) is 119 Å². The van der Waals surface area contributed by atoms with Crippen molar-refractivity contribution in [1.82, 2.24) is 14.5 Å². The van der Waals surface area contributed by atoms with Gasteiger partial charge < -0.3 is 34.0 Å². The highest BCUT2D eigenvalue weighted by molar-refractivity contribution is 6.14. The van der Waals surface area contributed by atoms with Gasteiger partial charge in [0.15, 0.2) is 5.65 Å². The predicted molar refractivity (Wildman–Crippen MR) is 278 cm³/mol. The summed E-state index contributed by atoms with van der Waals surface area (Å²) in [6.45, 7) is 0. The minimum absolute atomic E-state index is 0.848. The van der Waals surface area contributed by atoms with Gasteiger partial charge in [-0.1, -0.05) is 97.1 Å². The van der Waals surface area contributed by atoms with Crippen molar-refractivity contribution in [3.05, 3.63) is 200 Å². The quantitative estimate of drug-likeness (QED) is 0.170. The summed E-state index contributed by atoms with van der Waals surface area (Å²) in [5.41, 5.74) is 21.1. The number of aromatic nitrogens is 3. The molecular formula is C58H45N9. The first kappa shape index (κ1) is 38.6. The fraction of sp³-hybridized carbons (Fsp3) is 0.0690. The molecular weight excluding hydrogens is 823 g/mol. The van der Waals surface area contributed by atoms with E-state index in [1.165, 1.54) is 0 Å². The van der Waals surface area contributed by atoms with Crippen molar-refractivity contribution in [3.63, 3.8) is 0 Å². The summed E-state index contributed by atoms with van der Waals surface area (Å²) in [4.78, 5) is 24.3. The molecule has 13 rings (SSSR count). The number of aryl methyl sites for hydroxylation is 1. The van der Waals surface area contributed by atoms with Crippen molar-refractivity contribution in [2.45, 2.75) is 0 Å². The SMILES string of the molecule is CN1c2ccccc2N(c2ccc(-c3cccc(-c4nc5cccnc5n4C)c3)c(N3c4ccccc4N(C)c4ccccc43)c2N2c3ccccc3N(C)c3ccccc32)c2ccccc21. The van der Waals surface area contributed by atoms with Crippen molar-refractivity contribution in [1.29, 1.82) is 0 Å². The van der Waals surface area contributed by atoms with Gasteiger partial charge in [0.2, 0.25) is 0 Å². The molecule has 2 aromatic heterocycles. The number of anilines is 15. The Bertz CT molecular complexity index is 3470. The Kier molecular flexibility index (Phi) is 8.57. The summed E-state index contributed by atoms with van der Waals surface area (Å²) in [7, 11) is 8.57. The maximum absolute atomic E-state index is 5.13. The number of benzene rings is 8. The van der Waals surface area contributed by atoms with Crippen LogP contribution in [0, 0.1) is 0 Å². The lowest BCUT2D eigenvalue weighted by atomic mass is 9.94. The summed E-state index contributed by atoms with van der Waals surface area (Å²) in [5, 5.41) is 0. The van der Waals surface area contributed by atoms with E-state index in [0.29, 0.717) is 0 Å². The molecule has 3 aliphatic heterocycles. The molecule has 9 heteroatoms. The highest BCUT2D eigenvalue weighted by Crippen LogP contribution is 2.64. The van der Waals surface area contributed by atoms with Gasteiger partial charge in [-0.05, 0) is 103 Å². The van der Waals surface area contributed by atoms with Gasteiger partial charge in [0.05, 0.1) is 85.3 Å². The third-order valence-corrected chi connectivity index (χ3v) is 13.8. The Morgan fingerprint density at radius 2 is 0.731 bits per heavy atom. The molecule has 8 aromatic carbocycles. The summed E-state index contributed by atoms with van der Waals surface area (Å²) >= 11 is 0. The van der Waals surface area contributed by atoms with Crippen LogP contribution in [-0.4, -0.2) is 35.7 Å². The number of rotatable bonds is 5. The fourth-order valence-electron chi connectivity index (χ4n) is 10.7. The van der Waals surface area contributed by atoms with Gasteiger partial charge in [0.25, 0.3) is 0 Å². The molecule has 5 heterocycles. The Morgan fingerprint density at radius 1 is 0.328 bits per heavy atom. The molecule has 0 saturated carbocycles. The first-order chi connectivity index (χ1) is 33.0. The van der Waals surface area contributed by atoms with Crippen molar-refractivity contribution < 1.29 is 0 Å². The number of pyridine rings is 1. The van der Waals surface area contributed by atoms with Gasteiger partial charge in [0, 0.05) is 45.5 Å². The van der Waals surface area contributed by atoms with Gasteiger partial charge in [-0.3, -0.25) is 0 Å². The van der Waals surface area contributed by atoms with E-state index >= 15 is 0 Å². The monoisotopic (exact) mass is 867 g/mol. The molecule has 3 aliphatic rings. The molecule has 9 nitrogen and oxygen atoms in total. The molecule has 10 aromatic rings. The second-order valence-corrected chi connectivity index (χ2v) is 17.4. The summed E-state index contributed by atoms with van der Waals surface area (Å²) in [6.07, 6.45) is 1.83. The molecule has 0 unspecified atom stereocenters. The molecule has 0 fully saturated rings. The van der Waals surface area contributed by atoms with Crippen LogP contribution in [0.4, 0.5) is 85.3 Å². The van der Waals surface area contributed by atoms with Gasteiger partial charge in [0.1, 0.15) is 11.3 Å². The Balaban J connectivity index is 1.21. The highest BCUT2D eigenvalue weighted by atomic mass is 15.3. The molecule has 0 atom stereocenters. The molecule has 0 saturated heterocycles. The molecule has 0 amide bonds. The van der Waals surface area contributed by atoms with Crippen LogP contribution >= 0.6 is 0 Å². The van der Waals surface area contributed by atoms with E-state index in [2.05, 4.69) is 244 Å². The number of fused-ring (bicyclic) bond motifs is 7. The van der Waals surface area contributed by atoms with E-state index in [1.54, 1.807) is 0 Å². The largest absolute Gasteiger partial charge is 0.341 e. The van der Waals surface area contributed by atoms with Gasteiger partial charge in [-0.25, -0.2) is 9.97 Å². The van der Waals surface area contributed by atoms with Gasteiger partial charge in [-0.2, -0.15) is 0 Å². The summed E-state index contributed by atoms with van der Waals surface area (Å²) < 4.78 is 2.09. The van der Waals surface area contributed by atoms with Gasteiger partial charge >= 0.3 is 0 Å². The van der Waals surface area contributed by atoms with Crippen LogP contribution in [0.2, 0.25) is 0 Å². The van der Waals surface area contributed by atoms with Crippen molar-refractivity contribution in [2.24, 2.45) is 7.05 Å². The standard InChI is InChI=1S/C58H45N9/c1-61-42-22-5-11-28-48(42)65(49-29-12-6-23-43(49)61)54-35-34-40(38-19-17-20-39(37-38)57-60-41-21-18-36-59-58(41)64(57)4)55(66-50-30-13-7-24-44(50)62(2)45-25-8-14-31-51(45)66)56(54)67-52-32-15-9-26-46(52)63(3)47-27-10-16-33-53(47)67/h5-37H,1-4H3. The maximum atomic E-state index is 5.13. The van der Waals surface area contributed by atoms with Crippen LogP contribution in [0.5, 0.6) is 0 Å². The third-order valence-electron chi connectivity index (χ3n) is 13.8. The number of para-hydroxylation sites is 12. The molecule has 0 spiro atoms. The lowest BCUT2D eigenvalue weighted by Gasteiger charge is -2.46. The zero-order chi connectivity index (χ0) is 44.9. The van der Waals surface area contributed by atoms with Crippen molar-refractivity contribution >= 4 is 96.5 Å². The molecule has 0 bridgehead atoms. The summed E-state index contributed by atoms with van der Waals surface area (Å²) in [5.74, 6) is 0.858. The van der Waals surface area contributed by atoms with E-state index in [4.69, 9.17) is 9.97 Å². The smallest absolute Gasteiger partial charge is 0.159 e. The normalized spacial score (nSPS) is 13.5. The minimum atomic E-state index is 0.848. The zero-order valence-electron chi connectivity index (χ0n) is 37.6. The van der Waals surface area contributed by atoms with Gasteiger partial charge in [-0.15, -0.1) is 0 Å².